The summed E-state index contributed by atoms with van der Waals surface area (Å²) in [6, 6.07) is 13.8. The zero-order chi connectivity index (χ0) is 26.4. The molecular formula is C28H26N2O7. The molecule has 3 aromatic rings. The van der Waals surface area contributed by atoms with Crippen LogP contribution >= 0.6 is 0 Å². The number of nitrogens with one attached hydrogen (secondary N) is 1. The van der Waals surface area contributed by atoms with E-state index in [1.165, 1.54) is 21.3 Å². The molecule has 0 radical (unpaired) electrons. The number of fused-ring (bicyclic) bond motifs is 1. The normalized spacial score (nSPS) is 12.9. The van der Waals surface area contributed by atoms with Gasteiger partial charge in [0.05, 0.1) is 32.5 Å². The maximum Gasteiger partial charge on any atom is 0.338 e. The summed E-state index contributed by atoms with van der Waals surface area (Å²) in [5, 5.41) is 2.83. The van der Waals surface area contributed by atoms with Gasteiger partial charge in [0.1, 0.15) is 11.5 Å². The minimum atomic E-state index is -0.684. The molecule has 1 aromatic heterocycles. The number of pyridine rings is 1. The highest BCUT2D eigenvalue weighted by atomic mass is 16.7. The van der Waals surface area contributed by atoms with Crippen LogP contribution < -0.4 is 24.3 Å². The van der Waals surface area contributed by atoms with Crippen LogP contribution in [0.2, 0.25) is 0 Å². The van der Waals surface area contributed by atoms with Crippen LogP contribution in [0.25, 0.3) is 11.6 Å². The molecule has 0 bridgehead atoms. The van der Waals surface area contributed by atoms with Crippen molar-refractivity contribution in [1.82, 2.24) is 4.98 Å². The van der Waals surface area contributed by atoms with Gasteiger partial charge in [-0.25, -0.2) is 4.79 Å². The first-order valence-electron chi connectivity index (χ1n) is 11.3. The van der Waals surface area contributed by atoms with E-state index in [1.54, 1.807) is 73.9 Å². The summed E-state index contributed by atoms with van der Waals surface area (Å²) in [6.07, 6.45) is 4.72. The SMILES string of the molecule is COC(=O)C(/C(=C\c1ccc2c(c1)OCO2)C(=O)Nc1ccncc1)=C(\C)c1cc(OC)cc(OC)c1. The Hall–Kier alpha value is -4.79. The summed E-state index contributed by atoms with van der Waals surface area (Å²) in [5.41, 5.74) is 2.40. The quantitative estimate of drug-likeness (QED) is 0.273. The molecule has 1 N–H and O–H groups in total. The van der Waals surface area contributed by atoms with Gasteiger partial charge in [0, 0.05) is 24.1 Å². The van der Waals surface area contributed by atoms with E-state index in [-0.39, 0.29) is 17.9 Å². The van der Waals surface area contributed by atoms with Crippen molar-refractivity contribution in [3.8, 4) is 23.0 Å². The number of esters is 1. The molecule has 9 heteroatoms. The Bertz CT molecular complexity index is 1360. The number of benzene rings is 2. The number of carbonyl (C=O) groups excluding carboxylic acids is 2. The Kier molecular flexibility index (Phi) is 7.73. The molecule has 0 spiro atoms. The van der Waals surface area contributed by atoms with Crippen LogP contribution in [-0.4, -0.2) is 45.0 Å². The van der Waals surface area contributed by atoms with Crippen molar-refractivity contribution in [2.45, 2.75) is 6.92 Å². The van der Waals surface area contributed by atoms with Crippen LogP contribution in [0.4, 0.5) is 5.69 Å². The third-order valence-electron chi connectivity index (χ3n) is 5.71. The molecule has 1 aliphatic rings. The highest BCUT2D eigenvalue weighted by molar-refractivity contribution is 6.19. The maximum atomic E-state index is 13.6. The van der Waals surface area contributed by atoms with Crippen molar-refractivity contribution in [2.75, 3.05) is 33.4 Å². The van der Waals surface area contributed by atoms with Gasteiger partial charge in [0.15, 0.2) is 11.5 Å². The van der Waals surface area contributed by atoms with Gasteiger partial charge in [-0.05, 0) is 66.1 Å². The first-order valence-corrected chi connectivity index (χ1v) is 11.3. The molecule has 37 heavy (non-hydrogen) atoms. The summed E-state index contributed by atoms with van der Waals surface area (Å²) in [6.45, 7) is 1.84. The second-order valence-electron chi connectivity index (χ2n) is 7.95. The van der Waals surface area contributed by atoms with E-state index in [0.717, 1.165) is 0 Å². The Labute approximate surface area is 214 Å². The van der Waals surface area contributed by atoms with E-state index >= 15 is 0 Å². The molecule has 1 aliphatic heterocycles. The Balaban J connectivity index is 1.90. The molecule has 0 saturated heterocycles. The average Bonchev–Trinajstić information content (AvgIpc) is 3.40. The molecular weight excluding hydrogens is 476 g/mol. The molecule has 0 aliphatic carbocycles. The Morgan fingerprint density at radius 1 is 0.919 bits per heavy atom. The van der Waals surface area contributed by atoms with Gasteiger partial charge in [-0.2, -0.15) is 0 Å². The fourth-order valence-corrected chi connectivity index (χ4v) is 3.79. The van der Waals surface area contributed by atoms with Crippen LogP contribution in [0.15, 0.2) is 72.1 Å². The molecule has 4 rings (SSSR count). The number of hydrogen-bond acceptors (Lipinski definition) is 8. The molecule has 190 valence electrons. The van der Waals surface area contributed by atoms with Crippen LogP contribution in [0.3, 0.4) is 0 Å². The van der Waals surface area contributed by atoms with E-state index < -0.39 is 11.9 Å². The molecule has 9 nitrogen and oxygen atoms in total. The maximum absolute atomic E-state index is 13.6. The number of nitrogens with zero attached hydrogens (tertiary/aromatic N) is 1. The van der Waals surface area contributed by atoms with Crippen molar-refractivity contribution in [2.24, 2.45) is 0 Å². The van der Waals surface area contributed by atoms with Crippen LogP contribution in [-0.2, 0) is 14.3 Å². The monoisotopic (exact) mass is 502 g/mol. The molecule has 0 atom stereocenters. The predicted octanol–water partition coefficient (Wildman–Crippen LogP) is 4.50. The smallest absolute Gasteiger partial charge is 0.338 e. The van der Waals surface area contributed by atoms with Gasteiger partial charge in [0.25, 0.3) is 5.91 Å². The number of allylic oxidation sites excluding steroid dienone is 1. The highest BCUT2D eigenvalue weighted by Gasteiger charge is 2.26. The highest BCUT2D eigenvalue weighted by Crippen LogP contribution is 2.35. The van der Waals surface area contributed by atoms with E-state index in [9.17, 15) is 9.59 Å². The topological polar surface area (TPSA) is 105 Å². The number of carbonyl (C=O) groups is 2. The second kappa shape index (κ2) is 11.3. The third kappa shape index (κ3) is 5.72. The van der Waals surface area contributed by atoms with Crippen molar-refractivity contribution >= 4 is 29.2 Å². The molecule has 2 heterocycles. The number of rotatable bonds is 8. The molecule has 0 fully saturated rings. The van der Waals surface area contributed by atoms with Crippen LogP contribution in [0.1, 0.15) is 18.1 Å². The van der Waals surface area contributed by atoms with Crippen molar-refractivity contribution in [3.63, 3.8) is 0 Å². The predicted molar refractivity (Wildman–Crippen MR) is 138 cm³/mol. The molecule has 1 amide bonds. The van der Waals surface area contributed by atoms with Gasteiger partial charge >= 0.3 is 5.97 Å². The minimum absolute atomic E-state index is 0.0713. The zero-order valence-corrected chi connectivity index (χ0v) is 20.9. The lowest BCUT2D eigenvalue weighted by Gasteiger charge is -2.16. The van der Waals surface area contributed by atoms with Gasteiger partial charge in [-0.1, -0.05) is 6.07 Å². The summed E-state index contributed by atoms with van der Waals surface area (Å²) in [5.74, 6) is 0.999. The van der Waals surface area contributed by atoms with Crippen molar-refractivity contribution in [3.05, 3.63) is 83.2 Å². The minimum Gasteiger partial charge on any atom is -0.497 e. The fourth-order valence-electron chi connectivity index (χ4n) is 3.79. The summed E-state index contributed by atoms with van der Waals surface area (Å²) in [4.78, 5) is 30.8. The van der Waals surface area contributed by atoms with Gasteiger partial charge in [0.2, 0.25) is 6.79 Å². The summed E-state index contributed by atoms with van der Waals surface area (Å²) in [7, 11) is 4.33. The summed E-state index contributed by atoms with van der Waals surface area (Å²) >= 11 is 0. The first-order chi connectivity index (χ1) is 17.9. The number of aromatic nitrogens is 1. The van der Waals surface area contributed by atoms with Gasteiger partial charge < -0.3 is 29.0 Å². The van der Waals surface area contributed by atoms with Gasteiger partial charge in [-0.3, -0.25) is 9.78 Å². The van der Waals surface area contributed by atoms with Crippen LogP contribution in [0, 0.1) is 0 Å². The molecule has 0 unspecified atom stereocenters. The zero-order valence-electron chi connectivity index (χ0n) is 20.9. The molecule has 2 aromatic carbocycles. The van der Waals surface area contributed by atoms with E-state index in [4.69, 9.17) is 23.7 Å². The lowest BCUT2D eigenvalue weighted by molar-refractivity contribution is -0.136. The number of amides is 1. The standard InChI is InChI=1S/C28H26N2O7/c1-17(19-13-21(33-2)15-22(14-19)34-3)26(28(32)35-4)23(27(31)30-20-7-9-29-10-8-20)11-18-5-6-24-25(12-18)37-16-36-24/h5-15H,16H2,1-4H3,(H,29,30,31)/b23-11+,26-17+. The van der Waals surface area contributed by atoms with Crippen molar-refractivity contribution < 1.29 is 33.3 Å². The number of hydrogen-bond donors (Lipinski definition) is 1. The van der Waals surface area contributed by atoms with Gasteiger partial charge in [-0.15, -0.1) is 0 Å². The average molecular weight is 503 g/mol. The largest absolute Gasteiger partial charge is 0.497 e. The lowest BCUT2D eigenvalue weighted by Crippen LogP contribution is -2.21. The first kappa shape index (κ1) is 25.3. The summed E-state index contributed by atoms with van der Waals surface area (Å²) < 4.78 is 26.8. The van der Waals surface area contributed by atoms with E-state index in [0.29, 0.717) is 45.4 Å². The van der Waals surface area contributed by atoms with Crippen molar-refractivity contribution in [1.29, 1.82) is 0 Å². The fraction of sp³-hybridized carbons (Fsp3) is 0.179. The third-order valence-corrected chi connectivity index (χ3v) is 5.71. The number of ether oxygens (including phenoxy) is 5. The number of methoxy groups -OCH3 is 3. The second-order valence-corrected chi connectivity index (χ2v) is 7.95. The Morgan fingerprint density at radius 3 is 2.24 bits per heavy atom. The number of anilines is 1. The van der Waals surface area contributed by atoms with E-state index in [1.807, 2.05) is 0 Å². The Morgan fingerprint density at radius 2 is 1.59 bits per heavy atom. The van der Waals surface area contributed by atoms with Crippen LogP contribution in [0.5, 0.6) is 23.0 Å². The molecule has 0 saturated carbocycles. The van der Waals surface area contributed by atoms with E-state index in [2.05, 4.69) is 10.3 Å². The lowest BCUT2D eigenvalue weighted by atomic mass is 9.93.